The Morgan fingerprint density at radius 3 is 2.32 bits per heavy atom. The van der Waals surface area contributed by atoms with E-state index in [4.69, 9.17) is 0 Å². The summed E-state index contributed by atoms with van der Waals surface area (Å²) in [4.78, 5) is 3.95. The average Bonchev–Trinajstić information content (AvgIpc) is 2.50. The van der Waals surface area contributed by atoms with Crippen LogP contribution in [0.25, 0.3) is 0 Å². The Morgan fingerprint density at radius 2 is 1.76 bits per heavy atom. The summed E-state index contributed by atoms with van der Waals surface area (Å²) in [6.07, 6.45) is -5.27. The van der Waals surface area contributed by atoms with Crippen molar-refractivity contribution in [2.75, 3.05) is 26.2 Å². The number of hydrogen-bond donors (Lipinski definition) is 3. The van der Waals surface area contributed by atoms with Crippen LogP contribution in [0.1, 0.15) is 18.9 Å². The van der Waals surface area contributed by atoms with Gasteiger partial charge in [0.05, 0.1) is 17.9 Å². The van der Waals surface area contributed by atoms with E-state index >= 15 is 0 Å². The molecule has 142 valence electrons. The first-order chi connectivity index (χ1) is 11.6. The van der Waals surface area contributed by atoms with Gasteiger partial charge in [-0.05, 0) is 26.0 Å². The van der Waals surface area contributed by atoms with Crippen molar-refractivity contribution in [3.63, 3.8) is 0 Å². The normalized spacial score (nSPS) is 12.9. The molecule has 25 heavy (non-hydrogen) atoms. The van der Waals surface area contributed by atoms with Crippen molar-refractivity contribution in [1.82, 2.24) is 15.4 Å². The van der Waals surface area contributed by atoms with E-state index in [1.54, 1.807) is 19.1 Å². The standard InChI is InChI=1S/C15H23F3N4O2S/c1-3-19-14(20-9-8-15(16,17)18)21-10-11-22-25(23,24)13-6-4-12(2)5-7-13/h4-7,22H,3,8-11H2,1-2H3,(H2,19,20,21). The third-order valence-corrected chi connectivity index (χ3v) is 4.53. The van der Waals surface area contributed by atoms with Crippen LogP contribution < -0.4 is 15.4 Å². The molecule has 0 amide bonds. The van der Waals surface area contributed by atoms with Gasteiger partial charge >= 0.3 is 6.18 Å². The Kier molecular flexibility index (Phi) is 8.17. The predicted octanol–water partition coefficient (Wildman–Crippen LogP) is 1.78. The second-order valence-corrected chi connectivity index (χ2v) is 7.03. The molecule has 0 unspecified atom stereocenters. The number of halogens is 3. The van der Waals surface area contributed by atoms with E-state index in [0.717, 1.165) is 5.56 Å². The van der Waals surface area contributed by atoms with Gasteiger partial charge in [-0.2, -0.15) is 13.2 Å². The van der Waals surface area contributed by atoms with E-state index < -0.39 is 29.2 Å². The molecule has 0 aliphatic carbocycles. The maximum absolute atomic E-state index is 12.1. The number of rotatable bonds is 8. The summed E-state index contributed by atoms with van der Waals surface area (Å²) in [6.45, 7) is 3.97. The molecule has 6 nitrogen and oxygen atoms in total. The topological polar surface area (TPSA) is 82.6 Å². The van der Waals surface area contributed by atoms with Gasteiger partial charge in [-0.1, -0.05) is 17.7 Å². The molecule has 1 rings (SSSR count). The number of alkyl halides is 3. The second-order valence-electron chi connectivity index (χ2n) is 5.26. The van der Waals surface area contributed by atoms with Crippen molar-refractivity contribution >= 4 is 16.0 Å². The van der Waals surface area contributed by atoms with Gasteiger partial charge in [0, 0.05) is 19.6 Å². The number of aryl methyl sites for hydroxylation is 1. The zero-order valence-electron chi connectivity index (χ0n) is 14.2. The molecule has 0 atom stereocenters. The molecule has 1 aromatic rings. The van der Waals surface area contributed by atoms with Crippen molar-refractivity contribution in [3.8, 4) is 0 Å². The minimum atomic E-state index is -4.26. The Bertz CT molecular complexity index is 658. The van der Waals surface area contributed by atoms with Gasteiger partial charge in [-0.15, -0.1) is 0 Å². The lowest BCUT2D eigenvalue weighted by molar-refractivity contribution is -0.132. The van der Waals surface area contributed by atoms with Gasteiger partial charge in [-0.3, -0.25) is 4.99 Å². The molecular weight excluding hydrogens is 357 g/mol. The van der Waals surface area contributed by atoms with Gasteiger partial charge in [0.15, 0.2) is 5.96 Å². The van der Waals surface area contributed by atoms with Crippen molar-refractivity contribution < 1.29 is 21.6 Å². The summed E-state index contributed by atoms with van der Waals surface area (Å²) in [6, 6.07) is 6.41. The zero-order chi connectivity index (χ0) is 18.9. The van der Waals surface area contributed by atoms with Crippen LogP contribution in [-0.2, 0) is 10.0 Å². The number of aliphatic imine (C=N–C) groups is 1. The van der Waals surface area contributed by atoms with E-state index in [9.17, 15) is 21.6 Å². The monoisotopic (exact) mass is 380 g/mol. The number of sulfonamides is 1. The summed E-state index contributed by atoms with van der Waals surface area (Å²) in [5.41, 5.74) is 0.950. The van der Waals surface area contributed by atoms with Crippen molar-refractivity contribution in [2.45, 2.75) is 31.3 Å². The Labute approximate surface area is 146 Å². The SMILES string of the molecule is CCNC(=NCCC(F)(F)F)NCCNS(=O)(=O)c1ccc(C)cc1. The highest BCUT2D eigenvalue weighted by Gasteiger charge is 2.26. The van der Waals surface area contributed by atoms with E-state index in [1.165, 1.54) is 12.1 Å². The number of guanidine groups is 1. The van der Waals surface area contributed by atoms with Crippen LogP contribution >= 0.6 is 0 Å². The first kappa shape index (κ1) is 21.2. The Hall–Kier alpha value is -1.81. The molecule has 0 fully saturated rings. The lowest BCUT2D eigenvalue weighted by Crippen LogP contribution is -2.41. The Morgan fingerprint density at radius 1 is 1.12 bits per heavy atom. The van der Waals surface area contributed by atoms with Crippen LogP contribution in [0.2, 0.25) is 0 Å². The molecule has 0 radical (unpaired) electrons. The molecule has 0 bridgehead atoms. The highest BCUT2D eigenvalue weighted by Crippen LogP contribution is 2.18. The zero-order valence-corrected chi connectivity index (χ0v) is 15.0. The summed E-state index contributed by atoms with van der Waals surface area (Å²) < 4.78 is 63.0. The first-order valence-corrected chi connectivity index (χ1v) is 9.27. The minimum absolute atomic E-state index is 0.0693. The molecule has 0 aromatic heterocycles. The minimum Gasteiger partial charge on any atom is -0.357 e. The van der Waals surface area contributed by atoms with Crippen LogP contribution in [0.15, 0.2) is 34.2 Å². The number of benzene rings is 1. The summed E-state index contributed by atoms with van der Waals surface area (Å²) in [5.74, 6) is 0.210. The molecule has 1 aromatic carbocycles. The van der Waals surface area contributed by atoms with Crippen LogP contribution in [0.5, 0.6) is 0 Å². The molecule has 0 heterocycles. The van der Waals surface area contributed by atoms with Crippen LogP contribution in [0.3, 0.4) is 0 Å². The molecule has 0 saturated heterocycles. The highest BCUT2D eigenvalue weighted by molar-refractivity contribution is 7.89. The fraction of sp³-hybridized carbons (Fsp3) is 0.533. The van der Waals surface area contributed by atoms with E-state index in [-0.39, 0.29) is 23.9 Å². The highest BCUT2D eigenvalue weighted by atomic mass is 32.2. The molecule has 10 heteroatoms. The van der Waals surface area contributed by atoms with E-state index in [1.807, 2.05) is 6.92 Å². The van der Waals surface area contributed by atoms with Crippen LogP contribution in [0.4, 0.5) is 13.2 Å². The Balaban J connectivity index is 2.47. The lowest BCUT2D eigenvalue weighted by atomic mass is 10.2. The maximum Gasteiger partial charge on any atom is 0.390 e. The third kappa shape index (κ3) is 8.73. The van der Waals surface area contributed by atoms with E-state index in [2.05, 4.69) is 20.3 Å². The third-order valence-electron chi connectivity index (χ3n) is 3.05. The van der Waals surface area contributed by atoms with Gasteiger partial charge in [0.25, 0.3) is 0 Å². The first-order valence-electron chi connectivity index (χ1n) is 7.79. The van der Waals surface area contributed by atoms with Crippen molar-refractivity contribution in [3.05, 3.63) is 29.8 Å². The number of nitrogens with one attached hydrogen (secondary N) is 3. The van der Waals surface area contributed by atoms with Crippen LogP contribution in [-0.4, -0.2) is 46.7 Å². The summed E-state index contributed by atoms with van der Waals surface area (Å²) >= 11 is 0. The summed E-state index contributed by atoms with van der Waals surface area (Å²) in [5, 5.41) is 5.58. The molecule has 3 N–H and O–H groups in total. The predicted molar refractivity (Wildman–Crippen MR) is 91.0 cm³/mol. The maximum atomic E-state index is 12.1. The fourth-order valence-electron chi connectivity index (χ4n) is 1.80. The average molecular weight is 380 g/mol. The second kappa shape index (κ2) is 9.62. The van der Waals surface area contributed by atoms with Gasteiger partial charge in [0.1, 0.15) is 0 Å². The number of nitrogens with zero attached hydrogens (tertiary/aromatic N) is 1. The van der Waals surface area contributed by atoms with Crippen molar-refractivity contribution in [2.24, 2.45) is 4.99 Å². The smallest absolute Gasteiger partial charge is 0.357 e. The molecule has 0 aliphatic heterocycles. The molecule has 0 saturated carbocycles. The van der Waals surface area contributed by atoms with E-state index in [0.29, 0.717) is 6.54 Å². The number of hydrogen-bond acceptors (Lipinski definition) is 3. The van der Waals surface area contributed by atoms with Gasteiger partial charge in [-0.25, -0.2) is 13.1 Å². The van der Waals surface area contributed by atoms with Crippen LogP contribution in [0, 0.1) is 6.92 Å². The largest absolute Gasteiger partial charge is 0.390 e. The van der Waals surface area contributed by atoms with Gasteiger partial charge in [0.2, 0.25) is 10.0 Å². The molecule has 0 spiro atoms. The molecular formula is C15H23F3N4O2S. The van der Waals surface area contributed by atoms with Gasteiger partial charge < -0.3 is 10.6 Å². The lowest BCUT2D eigenvalue weighted by Gasteiger charge is -2.12. The quantitative estimate of drug-likeness (QED) is 0.365. The summed E-state index contributed by atoms with van der Waals surface area (Å²) in [7, 11) is -3.62. The van der Waals surface area contributed by atoms with Crippen molar-refractivity contribution in [1.29, 1.82) is 0 Å². The molecule has 0 aliphatic rings. The fourth-order valence-corrected chi connectivity index (χ4v) is 2.84.